The predicted octanol–water partition coefficient (Wildman–Crippen LogP) is 5.44. The maximum absolute atomic E-state index is 13.0. The van der Waals surface area contributed by atoms with Gasteiger partial charge in [-0.2, -0.15) is 13.2 Å². The summed E-state index contributed by atoms with van der Waals surface area (Å²) in [5.74, 6) is -0.461. The number of esters is 1. The maximum atomic E-state index is 13.0. The zero-order valence-corrected chi connectivity index (χ0v) is 14.2. The molecule has 0 unspecified atom stereocenters. The lowest BCUT2D eigenvalue weighted by Gasteiger charge is -2.13. The highest BCUT2D eigenvalue weighted by molar-refractivity contribution is 6.32. The average Bonchev–Trinajstić information content (AvgIpc) is 2.61. The number of ether oxygens (including phenoxy) is 1. The molecule has 134 valence electrons. The number of benzene rings is 2. The Morgan fingerprint density at radius 2 is 1.85 bits per heavy atom. The molecule has 0 aliphatic carbocycles. The van der Waals surface area contributed by atoms with E-state index in [1.165, 1.54) is 19.4 Å². The Morgan fingerprint density at radius 1 is 1.15 bits per heavy atom. The van der Waals surface area contributed by atoms with Crippen LogP contribution in [0.3, 0.4) is 0 Å². The van der Waals surface area contributed by atoms with Crippen molar-refractivity contribution in [3.05, 3.63) is 64.8 Å². The number of aromatic nitrogens is 1. The molecule has 3 rings (SSSR count). The van der Waals surface area contributed by atoms with Crippen LogP contribution in [0.5, 0.6) is 0 Å². The van der Waals surface area contributed by atoms with Gasteiger partial charge in [-0.3, -0.25) is 4.98 Å². The van der Waals surface area contributed by atoms with Crippen molar-refractivity contribution in [2.45, 2.75) is 6.18 Å². The van der Waals surface area contributed by atoms with Crippen LogP contribution in [-0.2, 0) is 10.9 Å². The van der Waals surface area contributed by atoms with Crippen LogP contribution in [0.2, 0.25) is 5.02 Å². The van der Waals surface area contributed by atoms with E-state index >= 15 is 0 Å². The lowest BCUT2D eigenvalue weighted by Crippen LogP contribution is -2.06. The first kappa shape index (κ1) is 18.0. The first-order chi connectivity index (χ1) is 12.3. The average molecular weight is 381 g/mol. The third-order valence-corrected chi connectivity index (χ3v) is 4.03. The van der Waals surface area contributed by atoms with E-state index in [1.54, 1.807) is 30.3 Å². The van der Waals surface area contributed by atoms with Crippen LogP contribution in [0, 0.1) is 0 Å². The minimum Gasteiger partial charge on any atom is -0.465 e. The van der Waals surface area contributed by atoms with Crippen LogP contribution >= 0.6 is 11.6 Å². The van der Waals surface area contributed by atoms with Gasteiger partial charge in [0, 0.05) is 23.0 Å². The SMILES string of the molecule is COC(=O)c1ccc(Nc2ccnc3cc(C(F)(F)F)c(Cl)cc23)cc1. The zero-order chi connectivity index (χ0) is 18.9. The number of hydrogen-bond donors (Lipinski definition) is 1. The Hall–Kier alpha value is -2.80. The van der Waals surface area contributed by atoms with Gasteiger partial charge < -0.3 is 10.1 Å². The summed E-state index contributed by atoms with van der Waals surface area (Å²) < 4.78 is 43.6. The normalized spacial score (nSPS) is 11.4. The van der Waals surface area contributed by atoms with Gasteiger partial charge in [0.05, 0.1) is 28.8 Å². The van der Waals surface area contributed by atoms with Gasteiger partial charge in [0.25, 0.3) is 0 Å². The summed E-state index contributed by atoms with van der Waals surface area (Å²) in [6.45, 7) is 0. The number of anilines is 2. The van der Waals surface area contributed by atoms with Crippen molar-refractivity contribution in [2.75, 3.05) is 12.4 Å². The van der Waals surface area contributed by atoms with Crippen LogP contribution in [0.15, 0.2) is 48.7 Å². The first-order valence-electron chi connectivity index (χ1n) is 7.40. The number of hydrogen-bond acceptors (Lipinski definition) is 4. The van der Waals surface area contributed by atoms with Crippen LogP contribution in [0.25, 0.3) is 10.9 Å². The smallest absolute Gasteiger partial charge is 0.417 e. The molecule has 2 aromatic carbocycles. The fourth-order valence-corrected chi connectivity index (χ4v) is 2.73. The molecule has 1 N–H and O–H groups in total. The summed E-state index contributed by atoms with van der Waals surface area (Å²) in [5, 5.41) is 3.13. The fraction of sp³-hybridized carbons (Fsp3) is 0.111. The van der Waals surface area contributed by atoms with E-state index in [0.717, 1.165) is 6.07 Å². The zero-order valence-electron chi connectivity index (χ0n) is 13.4. The van der Waals surface area contributed by atoms with Crippen molar-refractivity contribution < 1.29 is 22.7 Å². The Bertz CT molecular complexity index is 973. The quantitative estimate of drug-likeness (QED) is 0.615. The fourth-order valence-electron chi connectivity index (χ4n) is 2.46. The molecule has 0 saturated heterocycles. The number of pyridine rings is 1. The molecule has 0 fully saturated rings. The van der Waals surface area contributed by atoms with Gasteiger partial charge in [-0.05, 0) is 42.5 Å². The molecule has 0 aliphatic heterocycles. The van der Waals surface area contributed by atoms with Crippen molar-refractivity contribution in [3.63, 3.8) is 0 Å². The van der Waals surface area contributed by atoms with Crippen LogP contribution in [-0.4, -0.2) is 18.1 Å². The molecule has 1 heterocycles. The highest BCUT2D eigenvalue weighted by atomic mass is 35.5. The Kier molecular flexibility index (Phi) is 4.73. The number of halogens is 4. The van der Waals surface area contributed by atoms with Crippen LogP contribution < -0.4 is 5.32 Å². The van der Waals surface area contributed by atoms with E-state index in [4.69, 9.17) is 11.6 Å². The molecule has 8 heteroatoms. The molecule has 0 bridgehead atoms. The molecular weight excluding hydrogens is 369 g/mol. The molecule has 4 nitrogen and oxygen atoms in total. The van der Waals surface area contributed by atoms with Crippen molar-refractivity contribution in [1.82, 2.24) is 4.98 Å². The molecule has 0 spiro atoms. The van der Waals surface area contributed by atoms with Crippen molar-refractivity contribution in [3.8, 4) is 0 Å². The number of nitrogens with zero attached hydrogens (tertiary/aromatic N) is 1. The molecule has 1 aromatic heterocycles. The summed E-state index contributed by atoms with van der Waals surface area (Å²) in [4.78, 5) is 15.4. The second-order valence-electron chi connectivity index (χ2n) is 5.40. The second kappa shape index (κ2) is 6.84. The van der Waals surface area contributed by atoms with Crippen LogP contribution in [0.4, 0.5) is 24.5 Å². The van der Waals surface area contributed by atoms with Crippen LogP contribution in [0.1, 0.15) is 15.9 Å². The van der Waals surface area contributed by atoms with E-state index in [-0.39, 0.29) is 5.52 Å². The van der Waals surface area contributed by atoms with E-state index < -0.39 is 22.7 Å². The molecular formula is C18H12ClF3N2O2. The lowest BCUT2D eigenvalue weighted by molar-refractivity contribution is -0.137. The van der Waals surface area contributed by atoms with E-state index in [1.807, 2.05) is 0 Å². The summed E-state index contributed by atoms with van der Waals surface area (Å²) in [5.41, 5.74) is 0.796. The number of alkyl halides is 3. The van der Waals surface area contributed by atoms with Gasteiger partial charge in [-0.15, -0.1) is 0 Å². The number of fused-ring (bicyclic) bond motifs is 1. The largest absolute Gasteiger partial charge is 0.465 e. The minimum absolute atomic E-state index is 0.165. The number of methoxy groups -OCH3 is 1. The standard InChI is InChI=1S/C18H12ClF3N2O2/c1-26-17(25)10-2-4-11(5-3-10)24-15-6-7-23-16-9-13(18(20,21)22)14(19)8-12(15)16/h2-9H,1H3,(H,23,24). The number of carbonyl (C=O) groups excluding carboxylic acids is 1. The number of nitrogens with one attached hydrogen (secondary N) is 1. The summed E-state index contributed by atoms with van der Waals surface area (Å²) in [6, 6.07) is 10.2. The summed E-state index contributed by atoms with van der Waals surface area (Å²) in [6.07, 6.45) is -3.15. The minimum atomic E-state index is -4.56. The van der Waals surface area contributed by atoms with Crippen molar-refractivity contribution in [1.29, 1.82) is 0 Å². The monoisotopic (exact) mass is 380 g/mol. The molecule has 3 aromatic rings. The van der Waals surface area contributed by atoms with Gasteiger partial charge in [-0.25, -0.2) is 4.79 Å². The summed E-state index contributed by atoms with van der Waals surface area (Å²) >= 11 is 5.81. The molecule has 0 atom stereocenters. The predicted molar refractivity (Wildman–Crippen MR) is 92.8 cm³/mol. The Balaban J connectivity index is 1.98. The van der Waals surface area contributed by atoms with Gasteiger partial charge in [0.1, 0.15) is 0 Å². The number of carbonyl (C=O) groups is 1. The van der Waals surface area contributed by atoms with E-state index in [0.29, 0.717) is 22.3 Å². The topological polar surface area (TPSA) is 51.2 Å². The van der Waals surface area contributed by atoms with E-state index in [2.05, 4.69) is 15.0 Å². The van der Waals surface area contributed by atoms with Gasteiger partial charge >= 0.3 is 12.1 Å². The third-order valence-electron chi connectivity index (χ3n) is 3.72. The van der Waals surface area contributed by atoms with E-state index in [9.17, 15) is 18.0 Å². The maximum Gasteiger partial charge on any atom is 0.417 e. The molecule has 0 amide bonds. The summed E-state index contributed by atoms with van der Waals surface area (Å²) in [7, 11) is 1.29. The molecule has 0 aliphatic rings. The Morgan fingerprint density at radius 3 is 2.46 bits per heavy atom. The Labute approximate surface area is 151 Å². The first-order valence-corrected chi connectivity index (χ1v) is 7.78. The molecule has 26 heavy (non-hydrogen) atoms. The van der Waals surface area contributed by atoms with Gasteiger partial charge in [0.15, 0.2) is 0 Å². The van der Waals surface area contributed by atoms with Crippen molar-refractivity contribution >= 4 is 39.8 Å². The highest BCUT2D eigenvalue weighted by Gasteiger charge is 2.33. The molecule has 0 saturated carbocycles. The third kappa shape index (κ3) is 3.57. The van der Waals surface area contributed by atoms with Gasteiger partial charge in [-0.1, -0.05) is 11.6 Å². The van der Waals surface area contributed by atoms with Crippen molar-refractivity contribution in [2.24, 2.45) is 0 Å². The number of rotatable bonds is 3. The lowest BCUT2D eigenvalue weighted by atomic mass is 10.1. The second-order valence-corrected chi connectivity index (χ2v) is 5.81. The molecule has 0 radical (unpaired) electrons. The highest BCUT2D eigenvalue weighted by Crippen LogP contribution is 2.38. The van der Waals surface area contributed by atoms with Gasteiger partial charge in [0.2, 0.25) is 0 Å².